The van der Waals surface area contributed by atoms with Gasteiger partial charge in [0.05, 0.1) is 13.2 Å². The SMILES string of the molecule is CCO[C@@H](c1cc(C(C)(C)C)c(O)c(C(C)(C)C)c1)P(=O)(OCC)OCC. The topological polar surface area (TPSA) is 65.0 Å². The van der Waals surface area contributed by atoms with Crippen LogP contribution in [0.25, 0.3) is 0 Å². The third-order valence-corrected chi connectivity index (χ3v) is 6.52. The minimum Gasteiger partial charge on any atom is -0.507 e. The number of ether oxygens (including phenoxy) is 1. The van der Waals surface area contributed by atoms with Gasteiger partial charge in [0.15, 0.2) is 5.85 Å². The van der Waals surface area contributed by atoms with Crippen LogP contribution in [0.1, 0.15) is 84.8 Å². The van der Waals surface area contributed by atoms with Crippen LogP contribution in [-0.4, -0.2) is 24.9 Å². The molecule has 0 aliphatic rings. The molecule has 0 bridgehead atoms. The summed E-state index contributed by atoms with van der Waals surface area (Å²) in [4.78, 5) is 0. The first-order valence-corrected chi connectivity index (χ1v) is 11.3. The highest BCUT2D eigenvalue weighted by Gasteiger charge is 2.39. The van der Waals surface area contributed by atoms with Crippen LogP contribution in [0.3, 0.4) is 0 Å². The minimum atomic E-state index is -3.53. The average molecular weight is 400 g/mol. The van der Waals surface area contributed by atoms with Crippen molar-refractivity contribution in [1.82, 2.24) is 0 Å². The summed E-state index contributed by atoms with van der Waals surface area (Å²) in [5.41, 5.74) is 1.69. The molecule has 0 radical (unpaired) electrons. The van der Waals surface area contributed by atoms with Crippen LogP contribution in [0.4, 0.5) is 0 Å². The van der Waals surface area contributed by atoms with Gasteiger partial charge < -0.3 is 18.9 Å². The standard InChI is InChI=1S/C21H37O5P/c1-10-24-19(27(23,25-11-2)26-12-3)15-13-16(20(4,5)6)18(22)17(14-15)21(7,8)9/h13-14,19,22H,10-12H2,1-9H3/t19-/m1/s1. The predicted octanol–water partition coefficient (Wildman–Crippen LogP) is 6.29. The average Bonchev–Trinajstić information content (AvgIpc) is 2.51. The van der Waals surface area contributed by atoms with E-state index in [-0.39, 0.29) is 29.8 Å². The number of rotatable bonds is 8. The van der Waals surface area contributed by atoms with E-state index < -0.39 is 13.4 Å². The molecule has 0 aliphatic heterocycles. The van der Waals surface area contributed by atoms with Crippen LogP contribution in [0.5, 0.6) is 5.75 Å². The smallest absolute Gasteiger partial charge is 0.363 e. The van der Waals surface area contributed by atoms with Crippen LogP contribution in [0.15, 0.2) is 12.1 Å². The van der Waals surface area contributed by atoms with Gasteiger partial charge in [0.25, 0.3) is 0 Å². The van der Waals surface area contributed by atoms with Crippen molar-refractivity contribution >= 4 is 7.60 Å². The summed E-state index contributed by atoms with van der Waals surface area (Å²) in [6, 6.07) is 3.74. The summed E-state index contributed by atoms with van der Waals surface area (Å²) in [5, 5.41) is 10.9. The molecule has 0 aromatic heterocycles. The maximum atomic E-state index is 13.5. The van der Waals surface area contributed by atoms with Crippen molar-refractivity contribution in [3.8, 4) is 5.75 Å². The second-order valence-electron chi connectivity index (χ2n) is 8.65. The van der Waals surface area contributed by atoms with E-state index in [1.54, 1.807) is 13.8 Å². The number of aromatic hydroxyl groups is 1. The minimum absolute atomic E-state index is 0.261. The van der Waals surface area contributed by atoms with E-state index in [1.807, 2.05) is 60.6 Å². The lowest BCUT2D eigenvalue weighted by atomic mass is 9.78. The molecule has 5 nitrogen and oxygen atoms in total. The molecule has 1 aromatic carbocycles. The van der Waals surface area contributed by atoms with Gasteiger partial charge in [-0.25, -0.2) is 0 Å². The van der Waals surface area contributed by atoms with E-state index in [2.05, 4.69) is 0 Å². The Labute approximate surface area is 165 Å². The van der Waals surface area contributed by atoms with Gasteiger partial charge in [-0.2, -0.15) is 0 Å². The fourth-order valence-electron chi connectivity index (χ4n) is 3.00. The van der Waals surface area contributed by atoms with Crippen molar-refractivity contribution < 1.29 is 23.5 Å². The molecule has 1 N–H and O–H groups in total. The van der Waals surface area contributed by atoms with Crippen LogP contribution in [0.2, 0.25) is 0 Å². The molecule has 156 valence electrons. The van der Waals surface area contributed by atoms with E-state index in [0.717, 1.165) is 11.1 Å². The van der Waals surface area contributed by atoms with E-state index in [0.29, 0.717) is 12.2 Å². The molecular formula is C21H37O5P. The quantitative estimate of drug-likeness (QED) is 0.520. The molecule has 1 atom stereocenters. The molecule has 6 heteroatoms. The first kappa shape index (κ1) is 24.2. The van der Waals surface area contributed by atoms with Crippen molar-refractivity contribution in [2.45, 2.75) is 79.0 Å². The molecule has 0 amide bonds. The van der Waals surface area contributed by atoms with E-state index in [4.69, 9.17) is 13.8 Å². The predicted molar refractivity (Wildman–Crippen MR) is 111 cm³/mol. The van der Waals surface area contributed by atoms with Crippen molar-refractivity contribution in [1.29, 1.82) is 0 Å². The third-order valence-electron chi connectivity index (χ3n) is 4.26. The summed E-state index contributed by atoms with van der Waals surface area (Å²) in [6.45, 7) is 18.6. The second-order valence-corrected chi connectivity index (χ2v) is 10.7. The van der Waals surface area contributed by atoms with Crippen molar-refractivity contribution in [3.63, 3.8) is 0 Å². The molecule has 27 heavy (non-hydrogen) atoms. The highest BCUT2D eigenvalue weighted by Crippen LogP contribution is 2.62. The van der Waals surface area contributed by atoms with Crippen molar-refractivity contribution in [3.05, 3.63) is 28.8 Å². The van der Waals surface area contributed by atoms with Gasteiger partial charge in [-0.05, 0) is 60.4 Å². The Bertz CT molecular complexity index is 625. The first-order valence-electron chi connectivity index (χ1n) is 9.70. The lowest BCUT2D eigenvalue weighted by Gasteiger charge is -2.31. The lowest BCUT2D eigenvalue weighted by Crippen LogP contribution is -2.19. The van der Waals surface area contributed by atoms with Gasteiger partial charge in [0, 0.05) is 6.61 Å². The number of hydrogen-bond acceptors (Lipinski definition) is 5. The molecule has 1 rings (SSSR count). The van der Waals surface area contributed by atoms with Crippen LogP contribution in [-0.2, 0) is 29.2 Å². The molecule has 1 aromatic rings. The maximum absolute atomic E-state index is 13.5. The Hall–Kier alpha value is -0.870. The number of hydrogen-bond donors (Lipinski definition) is 1. The molecule has 0 saturated carbocycles. The highest BCUT2D eigenvalue weighted by atomic mass is 31.2. The van der Waals surface area contributed by atoms with Gasteiger partial charge in [0.2, 0.25) is 0 Å². The molecular weight excluding hydrogens is 363 g/mol. The summed E-state index contributed by atoms with van der Waals surface area (Å²) in [5.74, 6) is -0.568. The molecule has 0 aliphatic carbocycles. The zero-order chi connectivity index (χ0) is 21.0. The van der Waals surface area contributed by atoms with Gasteiger partial charge in [-0.15, -0.1) is 0 Å². The largest absolute Gasteiger partial charge is 0.507 e. The molecule has 0 saturated heterocycles. The van der Waals surface area contributed by atoms with Crippen molar-refractivity contribution in [2.75, 3.05) is 19.8 Å². The monoisotopic (exact) mass is 400 g/mol. The Morgan fingerprint density at radius 1 is 0.889 bits per heavy atom. The Morgan fingerprint density at radius 3 is 1.59 bits per heavy atom. The molecule has 0 spiro atoms. The van der Waals surface area contributed by atoms with Crippen LogP contribution < -0.4 is 0 Å². The van der Waals surface area contributed by atoms with E-state index >= 15 is 0 Å². The molecule has 0 unspecified atom stereocenters. The Kier molecular flexibility index (Phi) is 8.13. The summed E-state index contributed by atoms with van der Waals surface area (Å²) >= 11 is 0. The zero-order valence-electron chi connectivity index (χ0n) is 18.4. The summed E-state index contributed by atoms with van der Waals surface area (Å²) in [6.07, 6.45) is 0. The zero-order valence-corrected chi connectivity index (χ0v) is 19.3. The van der Waals surface area contributed by atoms with Gasteiger partial charge >= 0.3 is 7.60 Å². The third kappa shape index (κ3) is 5.80. The maximum Gasteiger partial charge on any atom is 0.363 e. The number of phenolic OH excluding ortho intramolecular Hbond substituents is 1. The van der Waals surface area contributed by atoms with Gasteiger partial charge in [-0.1, -0.05) is 41.5 Å². The van der Waals surface area contributed by atoms with E-state index in [1.165, 1.54) is 0 Å². The number of benzene rings is 1. The van der Waals surface area contributed by atoms with E-state index in [9.17, 15) is 9.67 Å². The van der Waals surface area contributed by atoms with Gasteiger partial charge in [0.1, 0.15) is 5.75 Å². The molecule has 0 fully saturated rings. The number of phenols is 1. The fourth-order valence-corrected chi connectivity index (χ4v) is 4.91. The summed E-state index contributed by atoms with van der Waals surface area (Å²) in [7, 11) is -3.53. The van der Waals surface area contributed by atoms with Crippen molar-refractivity contribution in [2.24, 2.45) is 0 Å². The van der Waals surface area contributed by atoms with Gasteiger partial charge in [-0.3, -0.25) is 4.57 Å². The Morgan fingerprint density at radius 2 is 1.30 bits per heavy atom. The molecule has 0 heterocycles. The normalized spacial score (nSPS) is 14.4. The fraction of sp³-hybridized carbons (Fsp3) is 0.714. The second kappa shape index (κ2) is 9.09. The first-order chi connectivity index (χ1) is 12.3. The highest BCUT2D eigenvalue weighted by molar-refractivity contribution is 7.54. The van der Waals surface area contributed by atoms with Crippen LogP contribution >= 0.6 is 7.60 Å². The Balaban J connectivity index is 3.75. The lowest BCUT2D eigenvalue weighted by molar-refractivity contribution is 0.0780. The van der Waals surface area contributed by atoms with Crippen LogP contribution in [0, 0.1) is 0 Å². The summed E-state index contributed by atoms with van der Waals surface area (Å²) < 4.78 is 30.5.